The first-order valence-corrected chi connectivity index (χ1v) is 6.49. The average Bonchev–Trinajstić information content (AvgIpc) is 2.42. The molecule has 0 fully saturated rings. The molecule has 0 aromatic heterocycles. The maximum Gasteiger partial charge on any atom is 0.131 e. The van der Waals surface area contributed by atoms with Gasteiger partial charge in [-0.3, -0.25) is 0 Å². The first-order chi connectivity index (χ1) is 9.26. The Balaban J connectivity index is 3.35. The highest BCUT2D eigenvalue weighted by Crippen LogP contribution is 2.41. The Morgan fingerprint density at radius 3 is 1.75 bits per heavy atom. The fraction of sp³-hybridized carbons (Fsp3) is 0.600. The minimum absolute atomic E-state index is 0.352. The van der Waals surface area contributed by atoms with Crippen molar-refractivity contribution in [1.29, 1.82) is 0 Å². The van der Waals surface area contributed by atoms with Gasteiger partial charge >= 0.3 is 0 Å². The molecular weight excluding hydrogens is 258 g/mol. The Kier molecular flexibility index (Phi) is 5.25. The molecule has 5 nitrogen and oxygen atoms in total. The van der Waals surface area contributed by atoms with Gasteiger partial charge in [-0.25, -0.2) is 0 Å². The van der Waals surface area contributed by atoms with E-state index in [1.54, 1.807) is 33.5 Å². The number of ether oxygens (including phenoxy) is 3. The van der Waals surface area contributed by atoms with Crippen molar-refractivity contribution in [3.63, 3.8) is 0 Å². The number of nitrogens with two attached hydrogens (primary N) is 1. The SMILES string of the molecule is COc1cc(OC)c([C@H](N)[C@H](O)C(C)(C)C)c(OC)c1. The minimum atomic E-state index is -0.737. The molecule has 114 valence electrons. The number of rotatable bonds is 5. The van der Waals surface area contributed by atoms with Gasteiger partial charge in [0.15, 0.2) is 0 Å². The van der Waals surface area contributed by atoms with E-state index in [9.17, 15) is 5.11 Å². The molecule has 0 bridgehead atoms. The van der Waals surface area contributed by atoms with Gasteiger partial charge in [-0.15, -0.1) is 0 Å². The smallest absolute Gasteiger partial charge is 0.131 e. The standard InChI is InChI=1S/C15H25NO4/c1-15(2,3)14(17)13(16)12-10(19-5)7-9(18-4)8-11(12)20-6/h7-8,13-14,17H,16H2,1-6H3/t13-,14-/m0/s1. The van der Waals surface area contributed by atoms with Gasteiger partial charge in [0.1, 0.15) is 17.2 Å². The van der Waals surface area contributed by atoms with Crippen LogP contribution in [0.2, 0.25) is 0 Å². The molecule has 0 aliphatic carbocycles. The summed E-state index contributed by atoms with van der Waals surface area (Å²) < 4.78 is 15.9. The lowest BCUT2D eigenvalue weighted by molar-refractivity contribution is 0.0387. The number of aliphatic hydroxyl groups excluding tert-OH is 1. The summed E-state index contributed by atoms with van der Waals surface area (Å²) >= 11 is 0. The van der Waals surface area contributed by atoms with E-state index < -0.39 is 12.1 Å². The first kappa shape index (κ1) is 16.6. The zero-order valence-electron chi connectivity index (χ0n) is 13.1. The van der Waals surface area contributed by atoms with Gasteiger partial charge in [0.05, 0.1) is 39.0 Å². The average molecular weight is 283 g/mol. The molecule has 0 saturated carbocycles. The van der Waals surface area contributed by atoms with Crippen molar-refractivity contribution >= 4 is 0 Å². The quantitative estimate of drug-likeness (QED) is 0.866. The third-order valence-electron chi connectivity index (χ3n) is 3.31. The monoisotopic (exact) mass is 283 g/mol. The van der Waals surface area contributed by atoms with Crippen molar-refractivity contribution in [3.8, 4) is 17.2 Å². The van der Waals surface area contributed by atoms with E-state index >= 15 is 0 Å². The molecular formula is C15H25NO4. The van der Waals surface area contributed by atoms with Gasteiger partial charge in [-0.05, 0) is 5.41 Å². The van der Waals surface area contributed by atoms with E-state index in [1.807, 2.05) is 20.8 Å². The van der Waals surface area contributed by atoms with E-state index in [2.05, 4.69) is 0 Å². The van der Waals surface area contributed by atoms with Gasteiger partial charge in [0.2, 0.25) is 0 Å². The number of benzene rings is 1. The lowest BCUT2D eigenvalue weighted by Crippen LogP contribution is -2.37. The number of hydrogen-bond acceptors (Lipinski definition) is 5. The van der Waals surface area contributed by atoms with E-state index in [4.69, 9.17) is 19.9 Å². The molecule has 0 aliphatic rings. The van der Waals surface area contributed by atoms with E-state index in [0.717, 1.165) is 0 Å². The number of methoxy groups -OCH3 is 3. The van der Waals surface area contributed by atoms with Crippen LogP contribution >= 0.6 is 0 Å². The zero-order valence-corrected chi connectivity index (χ0v) is 13.1. The molecule has 0 saturated heterocycles. The summed E-state index contributed by atoms with van der Waals surface area (Å²) in [6.07, 6.45) is -0.737. The molecule has 1 aromatic carbocycles. The molecule has 0 spiro atoms. The van der Waals surface area contributed by atoms with E-state index in [0.29, 0.717) is 22.8 Å². The van der Waals surface area contributed by atoms with Gasteiger partial charge in [0.25, 0.3) is 0 Å². The highest BCUT2D eigenvalue weighted by molar-refractivity contribution is 5.52. The first-order valence-electron chi connectivity index (χ1n) is 6.49. The predicted molar refractivity (Wildman–Crippen MR) is 78.5 cm³/mol. The molecule has 0 heterocycles. The lowest BCUT2D eigenvalue weighted by atomic mass is 9.82. The maximum absolute atomic E-state index is 10.4. The summed E-state index contributed by atoms with van der Waals surface area (Å²) in [5.74, 6) is 1.69. The van der Waals surface area contributed by atoms with Crippen LogP contribution in [-0.4, -0.2) is 32.5 Å². The Bertz CT molecular complexity index is 429. The molecule has 2 atom stereocenters. The van der Waals surface area contributed by atoms with Gasteiger partial charge < -0.3 is 25.1 Å². The molecule has 0 amide bonds. The number of aliphatic hydroxyl groups is 1. The molecule has 1 rings (SSSR count). The summed E-state index contributed by atoms with van der Waals surface area (Å²) in [6, 6.07) is 2.84. The third-order valence-corrected chi connectivity index (χ3v) is 3.31. The van der Waals surface area contributed by atoms with Crippen molar-refractivity contribution in [2.75, 3.05) is 21.3 Å². The van der Waals surface area contributed by atoms with E-state index in [-0.39, 0.29) is 5.41 Å². The Morgan fingerprint density at radius 1 is 1.00 bits per heavy atom. The summed E-state index contributed by atoms with van der Waals surface area (Å²) in [5, 5.41) is 10.4. The largest absolute Gasteiger partial charge is 0.496 e. The summed E-state index contributed by atoms with van der Waals surface area (Å²) in [6.45, 7) is 5.79. The molecule has 3 N–H and O–H groups in total. The Morgan fingerprint density at radius 2 is 1.45 bits per heavy atom. The molecule has 1 aromatic rings. The van der Waals surface area contributed by atoms with Gasteiger partial charge in [0, 0.05) is 12.1 Å². The van der Waals surface area contributed by atoms with Crippen molar-refractivity contribution in [1.82, 2.24) is 0 Å². The highest BCUT2D eigenvalue weighted by Gasteiger charge is 2.33. The normalized spacial score (nSPS) is 14.6. The van der Waals surface area contributed by atoms with Crippen LogP contribution in [0, 0.1) is 5.41 Å². The van der Waals surface area contributed by atoms with Crippen molar-refractivity contribution < 1.29 is 19.3 Å². The third kappa shape index (κ3) is 3.35. The minimum Gasteiger partial charge on any atom is -0.496 e. The molecule has 0 radical (unpaired) electrons. The molecule has 0 aliphatic heterocycles. The van der Waals surface area contributed by atoms with Crippen LogP contribution in [0.5, 0.6) is 17.2 Å². The summed E-state index contributed by atoms with van der Waals surface area (Å²) in [4.78, 5) is 0. The van der Waals surface area contributed by atoms with Crippen molar-refractivity contribution in [2.24, 2.45) is 11.1 Å². The number of hydrogen-bond donors (Lipinski definition) is 2. The van der Waals surface area contributed by atoms with Crippen LogP contribution in [0.4, 0.5) is 0 Å². The van der Waals surface area contributed by atoms with Crippen LogP contribution in [0.15, 0.2) is 12.1 Å². The summed E-state index contributed by atoms with van der Waals surface area (Å²) in [5.41, 5.74) is 6.50. The van der Waals surface area contributed by atoms with Crippen LogP contribution in [0.1, 0.15) is 32.4 Å². The molecule has 5 heteroatoms. The van der Waals surface area contributed by atoms with Crippen molar-refractivity contribution in [2.45, 2.75) is 32.9 Å². The van der Waals surface area contributed by atoms with Gasteiger partial charge in [-0.2, -0.15) is 0 Å². The van der Waals surface area contributed by atoms with Crippen LogP contribution < -0.4 is 19.9 Å². The van der Waals surface area contributed by atoms with Crippen molar-refractivity contribution in [3.05, 3.63) is 17.7 Å². The topological polar surface area (TPSA) is 73.9 Å². The van der Waals surface area contributed by atoms with Gasteiger partial charge in [-0.1, -0.05) is 20.8 Å². The van der Waals surface area contributed by atoms with Crippen LogP contribution in [0.25, 0.3) is 0 Å². The molecule has 0 unspecified atom stereocenters. The second kappa shape index (κ2) is 6.33. The highest BCUT2D eigenvalue weighted by atomic mass is 16.5. The zero-order chi connectivity index (χ0) is 15.5. The molecule has 20 heavy (non-hydrogen) atoms. The van der Waals surface area contributed by atoms with E-state index in [1.165, 1.54) is 0 Å². The lowest BCUT2D eigenvalue weighted by Gasteiger charge is -2.32. The predicted octanol–water partition coefficient (Wildman–Crippen LogP) is 2.12. The van der Waals surface area contributed by atoms with Crippen LogP contribution in [-0.2, 0) is 0 Å². The summed E-state index contributed by atoms with van der Waals surface area (Å²) in [7, 11) is 4.67. The fourth-order valence-corrected chi connectivity index (χ4v) is 2.06. The fourth-order valence-electron chi connectivity index (χ4n) is 2.06. The second-order valence-electron chi connectivity index (χ2n) is 5.78. The Labute approximate surface area is 120 Å². The maximum atomic E-state index is 10.4. The van der Waals surface area contributed by atoms with Crippen LogP contribution in [0.3, 0.4) is 0 Å². The Hall–Kier alpha value is -1.46. The second-order valence-corrected chi connectivity index (χ2v) is 5.78.